The first-order valence-electron chi connectivity index (χ1n) is 7.02. The number of halogens is 2. The lowest BCUT2D eigenvalue weighted by molar-refractivity contribution is -0.138. The van der Waals surface area contributed by atoms with Gasteiger partial charge in [-0.15, -0.1) is 34.0 Å². The molecular formula is C13H25Br2N3O5S2. The number of nitrogens with one attached hydrogen (secondary N) is 1. The van der Waals surface area contributed by atoms with Gasteiger partial charge in [-0.1, -0.05) is 24.4 Å². The Bertz CT molecular complexity index is 398. The third-order valence-corrected chi connectivity index (χ3v) is 3.17. The van der Waals surface area contributed by atoms with Crippen molar-refractivity contribution >= 4 is 81.0 Å². The van der Waals surface area contributed by atoms with Crippen LogP contribution in [-0.4, -0.2) is 106 Å². The highest BCUT2D eigenvalue weighted by molar-refractivity contribution is 8.93. The lowest BCUT2D eigenvalue weighted by Gasteiger charge is -2.24. The monoisotopic (exact) mass is 525 g/mol. The molecule has 1 amide bonds. The maximum absolute atomic E-state index is 11.8. The van der Waals surface area contributed by atoms with Gasteiger partial charge in [0.2, 0.25) is 5.91 Å². The van der Waals surface area contributed by atoms with Crippen LogP contribution in [0.2, 0.25) is 0 Å². The Morgan fingerprint density at radius 2 is 1.56 bits per heavy atom. The van der Waals surface area contributed by atoms with Crippen molar-refractivity contribution in [3.63, 3.8) is 0 Å². The molecule has 0 saturated carbocycles. The summed E-state index contributed by atoms with van der Waals surface area (Å²) in [6.07, 6.45) is -1.03. The molecule has 0 aliphatic rings. The molecule has 0 aliphatic heterocycles. The van der Waals surface area contributed by atoms with Gasteiger partial charge in [-0.05, 0) is 10.7 Å². The molecule has 4 N–H and O–H groups in total. The third-order valence-electron chi connectivity index (χ3n) is 2.87. The van der Waals surface area contributed by atoms with E-state index < -0.39 is 24.6 Å². The van der Waals surface area contributed by atoms with Crippen LogP contribution in [0.25, 0.3) is 0 Å². The van der Waals surface area contributed by atoms with E-state index in [1.807, 2.05) is 4.90 Å². The molecular weight excluding hydrogens is 502 g/mol. The average Bonchev–Trinajstić information content (AvgIpc) is 2.49. The van der Waals surface area contributed by atoms with Gasteiger partial charge in [0.05, 0.1) is 25.8 Å². The average molecular weight is 527 g/mol. The number of hydrogen-bond acceptors (Lipinski definition) is 8. The van der Waals surface area contributed by atoms with Gasteiger partial charge in [-0.3, -0.25) is 19.4 Å². The van der Waals surface area contributed by atoms with E-state index in [1.165, 1.54) is 4.90 Å². The normalized spacial score (nSPS) is 11.2. The second-order valence-corrected chi connectivity index (χ2v) is 5.50. The van der Waals surface area contributed by atoms with Crippen LogP contribution in [0, 0.1) is 0 Å². The van der Waals surface area contributed by atoms with Crippen LogP contribution >= 0.6 is 58.4 Å². The highest BCUT2D eigenvalue weighted by Crippen LogP contribution is 1.93. The summed E-state index contributed by atoms with van der Waals surface area (Å²) >= 11 is 9.60. The summed E-state index contributed by atoms with van der Waals surface area (Å²) in [5.41, 5.74) is 0. The number of aliphatic carboxylic acids is 1. The number of rotatable bonds is 14. The zero-order valence-corrected chi connectivity index (χ0v) is 18.6. The van der Waals surface area contributed by atoms with Gasteiger partial charge in [-0.25, -0.2) is 0 Å². The van der Waals surface area contributed by atoms with Crippen molar-refractivity contribution in [2.45, 2.75) is 6.10 Å². The van der Waals surface area contributed by atoms with Crippen molar-refractivity contribution in [1.82, 2.24) is 15.1 Å². The van der Waals surface area contributed by atoms with Crippen LogP contribution in [0.1, 0.15) is 0 Å². The summed E-state index contributed by atoms with van der Waals surface area (Å²) in [7, 11) is 0. The molecule has 1 unspecified atom stereocenters. The number of thiocarbonyl (C=S) groups is 2. The molecule has 0 spiro atoms. The Morgan fingerprint density at radius 3 is 2.00 bits per heavy atom. The van der Waals surface area contributed by atoms with Crippen LogP contribution in [0.5, 0.6) is 0 Å². The second kappa shape index (κ2) is 18.7. The van der Waals surface area contributed by atoms with E-state index in [2.05, 4.69) is 5.32 Å². The molecule has 8 nitrogen and oxygen atoms in total. The van der Waals surface area contributed by atoms with Crippen molar-refractivity contribution < 1.29 is 24.9 Å². The van der Waals surface area contributed by atoms with E-state index in [9.17, 15) is 14.7 Å². The SMILES string of the molecule is Br.Br.O=C(O)CN(CCN(CC=S)CC=S)CC(=O)NCC(O)CO. The molecule has 0 fully saturated rings. The predicted octanol–water partition coefficient (Wildman–Crippen LogP) is -0.700. The molecule has 0 heterocycles. The number of nitrogens with zero attached hydrogens (tertiary/aromatic N) is 2. The second-order valence-electron chi connectivity index (χ2n) is 4.84. The molecule has 0 aromatic rings. The quantitative estimate of drug-likeness (QED) is 0.218. The number of aliphatic hydroxyl groups excluding tert-OH is 2. The number of carboxylic acids is 1. The van der Waals surface area contributed by atoms with Gasteiger partial charge in [0.25, 0.3) is 0 Å². The van der Waals surface area contributed by atoms with E-state index in [1.54, 1.807) is 10.7 Å². The van der Waals surface area contributed by atoms with Crippen LogP contribution < -0.4 is 5.32 Å². The molecule has 148 valence electrons. The smallest absolute Gasteiger partial charge is 0.317 e. The summed E-state index contributed by atoms with van der Waals surface area (Å²) in [4.78, 5) is 26.1. The van der Waals surface area contributed by atoms with E-state index in [4.69, 9.17) is 34.6 Å². The first-order chi connectivity index (χ1) is 10.9. The number of carboxylic acid groups (broad SMARTS) is 1. The molecule has 1 atom stereocenters. The minimum absolute atomic E-state index is 0. The van der Waals surface area contributed by atoms with Gasteiger partial charge in [0.1, 0.15) is 0 Å². The summed E-state index contributed by atoms with van der Waals surface area (Å²) in [6.45, 7) is 1.01. The Balaban J connectivity index is -0.00000242. The summed E-state index contributed by atoms with van der Waals surface area (Å²) in [5.74, 6) is -1.46. The molecule has 0 aromatic carbocycles. The van der Waals surface area contributed by atoms with Crippen LogP contribution in [0.4, 0.5) is 0 Å². The molecule has 25 heavy (non-hydrogen) atoms. The third kappa shape index (κ3) is 17.1. The first-order valence-corrected chi connectivity index (χ1v) is 7.96. The van der Waals surface area contributed by atoms with E-state index >= 15 is 0 Å². The Hall–Kier alpha value is -0.0800. The fourth-order valence-corrected chi connectivity index (χ4v) is 2.13. The van der Waals surface area contributed by atoms with Crippen molar-refractivity contribution in [2.75, 3.05) is 52.4 Å². The number of carbonyl (C=O) groups excluding carboxylic acids is 1. The summed E-state index contributed by atoms with van der Waals surface area (Å²) in [6, 6.07) is 0. The lowest BCUT2D eigenvalue weighted by atomic mass is 10.3. The summed E-state index contributed by atoms with van der Waals surface area (Å²) < 4.78 is 0. The van der Waals surface area contributed by atoms with Crippen LogP contribution in [0.3, 0.4) is 0 Å². The van der Waals surface area contributed by atoms with E-state index in [0.717, 1.165) is 0 Å². The van der Waals surface area contributed by atoms with Gasteiger partial charge < -0.3 is 20.6 Å². The van der Waals surface area contributed by atoms with Gasteiger partial charge in [-0.2, -0.15) is 0 Å². The zero-order chi connectivity index (χ0) is 17.7. The Morgan fingerprint density at radius 1 is 1.04 bits per heavy atom. The largest absolute Gasteiger partial charge is 0.480 e. The lowest BCUT2D eigenvalue weighted by Crippen LogP contribution is -2.45. The van der Waals surface area contributed by atoms with Crippen molar-refractivity contribution in [1.29, 1.82) is 0 Å². The molecule has 0 aromatic heterocycles. The first kappa shape index (κ1) is 29.7. The predicted molar refractivity (Wildman–Crippen MR) is 115 cm³/mol. The van der Waals surface area contributed by atoms with Crippen molar-refractivity contribution in [2.24, 2.45) is 0 Å². The van der Waals surface area contributed by atoms with E-state index in [0.29, 0.717) is 26.2 Å². The van der Waals surface area contributed by atoms with Gasteiger partial charge in [0.15, 0.2) is 0 Å². The minimum atomic E-state index is -1.04. The standard InChI is InChI=1S/C13H23N3O5S2.2BrH/c17-10-11(18)7-14-12(19)8-16(9-13(20)21)2-1-15(3-5-22)4-6-23;;/h5-6,11,17-18H,1-4,7-10H2,(H,14,19)(H,20,21);2*1H. The number of aliphatic hydroxyl groups is 2. The van der Waals surface area contributed by atoms with Gasteiger partial charge in [0, 0.05) is 32.7 Å². The van der Waals surface area contributed by atoms with E-state index in [-0.39, 0.29) is 53.6 Å². The fraction of sp³-hybridized carbons (Fsp3) is 0.692. The molecule has 0 aliphatic carbocycles. The molecule has 0 saturated heterocycles. The number of amides is 1. The fourth-order valence-electron chi connectivity index (χ4n) is 1.71. The molecule has 0 radical (unpaired) electrons. The van der Waals surface area contributed by atoms with Crippen LogP contribution in [-0.2, 0) is 9.59 Å². The topological polar surface area (TPSA) is 113 Å². The highest BCUT2D eigenvalue weighted by atomic mass is 79.9. The number of carbonyl (C=O) groups is 2. The molecule has 0 rings (SSSR count). The van der Waals surface area contributed by atoms with Crippen molar-refractivity contribution in [3.05, 3.63) is 0 Å². The van der Waals surface area contributed by atoms with Crippen LogP contribution in [0.15, 0.2) is 0 Å². The Labute approximate surface area is 179 Å². The van der Waals surface area contributed by atoms with Crippen molar-refractivity contribution in [3.8, 4) is 0 Å². The van der Waals surface area contributed by atoms with Gasteiger partial charge >= 0.3 is 5.97 Å². The highest BCUT2D eigenvalue weighted by Gasteiger charge is 2.15. The minimum Gasteiger partial charge on any atom is -0.480 e. The number of hydrogen-bond donors (Lipinski definition) is 4. The molecule has 0 bridgehead atoms. The Kier molecular flexibility index (Phi) is 22.2. The zero-order valence-electron chi connectivity index (χ0n) is 13.6. The maximum Gasteiger partial charge on any atom is 0.317 e. The molecule has 12 heteroatoms. The maximum atomic E-state index is 11.8. The summed E-state index contributed by atoms with van der Waals surface area (Å²) in [5, 5.41) is 32.3.